The van der Waals surface area contributed by atoms with E-state index >= 15 is 0 Å². The van der Waals surface area contributed by atoms with Gasteiger partial charge in [-0.15, -0.1) is 0 Å². The Hall–Kier alpha value is -3.29. The summed E-state index contributed by atoms with van der Waals surface area (Å²) >= 11 is 12.0. The zero-order valence-electron chi connectivity index (χ0n) is 20.6. The van der Waals surface area contributed by atoms with E-state index in [-0.39, 0.29) is 5.91 Å². The lowest BCUT2D eigenvalue weighted by atomic mass is 9.78. The highest BCUT2D eigenvalue weighted by Crippen LogP contribution is 2.52. The van der Waals surface area contributed by atoms with Crippen LogP contribution in [-0.4, -0.2) is 23.4 Å². The molecule has 5 rings (SSSR count). The summed E-state index contributed by atoms with van der Waals surface area (Å²) in [5.74, 6) is 0.419. The summed E-state index contributed by atoms with van der Waals surface area (Å²) in [6, 6.07) is 18.6. The van der Waals surface area contributed by atoms with E-state index in [1.165, 1.54) is 0 Å². The Balaban J connectivity index is 1.64. The first kappa shape index (κ1) is 24.4. The lowest BCUT2D eigenvalue weighted by Crippen LogP contribution is -2.72. The monoisotopic (exact) mass is 521 g/mol. The maximum atomic E-state index is 14.0. The Morgan fingerprint density at radius 1 is 1.19 bits per heavy atom. The maximum Gasteiger partial charge on any atom is 0.236 e. The van der Waals surface area contributed by atoms with Gasteiger partial charge in [-0.05, 0) is 81.9 Å². The van der Waals surface area contributed by atoms with E-state index < -0.39 is 17.7 Å². The minimum atomic E-state index is -1.15. The fraction of sp³-hybridized carbons (Fsp3) is 0.286. The number of benzene rings is 3. The molecule has 1 amide bonds. The molecule has 0 spiro atoms. The van der Waals surface area contributed by atoms with Crippen LogP contribution in [0.15, 0.2) is 60.7 Å². The number of hydrogen-bond acceptors (Lipinski definition) is 4. The molecule has 0 aliphatic carbocycles. The number of para-hydroxylation sites is 1. The van der Waals surface area contributed by atoms with Crippen molar-refractivity contribution in [2.75, 3.05) is 16.8 Å². The number of fused-ring (bicyclic) bond motifs is 4. The number of halogens is 1. The highest BCUT2D eigenvalue weighted by atomic mass is 35.5. The smallest absolute Gasteiger partial charge is 0.236 e. The normalized spacial score (nSPS) is 22.2. The van der Waals surface area contributed by atoms with Crippen molar-refractivity contribution in [3.63, 3.8) is 0 Å². The van der Waals surface area contributed by atoms with E-state index in [9.17, 15) is 4.79 Å². The molecule has 1 fully saturated rings. The Bertz CT molecular complexity index is 1350. The third kappa shape index (κ3) is 4.06. The van der Waals surface area contributed by atoms with Gasteiger partial charge in [-0.25, -0.2) is 0 Å². The summed E-state index contributed by atoms with van der Waals surface area (Å²) in [5, 5.41) is 7.65. The molecule has 2 bridgehead atoms. The quantitative estimate of drug-likeness (QED) is 0.392. The van der Waals surface area contributed by atoms with E-state index in [0.717, 1.165) is 28.1 Å². The lowest BCUT2D eigenvalue weighted by Gasteiger charge is -2.56. The average molecular weight is 522 g/mol. The van der Waals surface area contributed by atoms with Crippen LogP contribution in [0.25, 0.3) is 0 Å². The summed E-state index contributed by atoms with van der Waals surface area (Å²) in [6.45, 7) is 8.34. The predicted molar refractivity (Wildman–Crippen MR) is 147 cm³/mol. The second-order valence-electron chi connectivity index (χ2n) is 9.29. The van der Waals surface area contributed by atoms with Gasteiger partial charge in [0, 0.05) is 22.0 Å². The van der Waals surface area contributed by atoms with Crippen LogP contribution in [0.4, 0.5) is 11.4 Å². The summed E-state index contributed by atoms with van der Waals surface area (Å²) in [6.07, 6.45) is 0. The molecular formula is C28H28ClN3O3S. The summed E-state index contributed by atoms with van der Waals surface area (Å²) < 4.78 is 12.6. The molecule has 3 atom stereocenters. The van der Waals surface area contributed by atoms with Crippen molar-refractivity contribution in [1.82, 2.24) is 5.32 Å². The predicted octanol–water partition coefficient (Wildman–Crippen LogP) is 6.15. The number of anilines is 2. The van der Waals surface area contributed by atoms with Gasteiger partial charge in [0.1, 0.15) is 5.92 Å². The van der Waals surface area contributed by atoms with Gasteiger partial charge >= 0.3 is 0 Å². The zero-order valence-corrected chi connectivity index (χ0v) is 22.2. The molecule has 2 N–H and O–H groups in total. The number of nitrogens with zero attached hydrogens (tertiary/aromatic N) is 1. The number of hydrogen-bond donors (Lipinski definition) is 2. The Labute approximate surface area is 221 Å². The first-order chi connectivity index (χ1) is 17.2. The number of aryl methyl sites for hydroxylation is 2. The van der Waals surface area contributed by atoms with Crippen molar-refractivity contribution in [1.29, 1.82) is 0 Å². The minimum absolute atomic E-state index is 0.170. The third-order valence-corrected chi connectivity index (χ3v) is 7.35. The van der Waals surface area contributed by atoms with E-state index in [2.05, 4.69) is 10.6 Å². The Morgan fingerprint density at radius 3 is 2.64 bits per heavy atom. The molecule has 1 saturated heterocycles. The number of nitrogens with one attached hydrogen (secondary N) is 2. The fourth-order valence-electron chi connectivity index (χ4n) is 5.18. The summed E-state index contributed by atoms with van der Waals surface area (Å²) in [5.41, 5.74) is 3.34. The van der Waals surface area contributed by atoms with Crippen LogP contribution >= 0.6 is 23.8 Å². The summed E-state index contributed by atoms with van der Waals surface area (Å²) in [4.78, 5) is 15.9. The van der Waals surface area contributed by atoms with Gasteiger partial charge in [-0.2, -0.15) is 0 Å². The van der Waals surface area contributed by atoms with Crippen molar-refractivity contribution >= 4 is 46.2 Å². The molecule has 2 heterocycles. The molecule has 8 heteroatoms. The molecule has 0 aromatic heterocycles. The van der Waals surface area contributed by atoms with Crippen LogP contribution in [0.5, 0.6) is 11.5 Å². The number of carbonyl (C=O) groups is 1. The van der Waals surface area contributed by atoms with Crippen LogP contribution in [0, 0.1) is 19.8 Å². The molecular weight excluding hydrogens is 494 g/mol. The molecule has 2 aliphatic heterocycles. The van der Waals surface area contributed by atoms with E-state index in [1.807, 2.05) is 81.1 Å². The Morgan fingerprint density at radius 2 is 1.94 bits per heavy atom. The first-order valence-corrected chi connectivity index (χ1v) is 12.7. The van der Waals surface area contributed by atoms with Crippen molar-refractivity contribution < 1.29 is 14.3 Å². The molecule has 6 nitrogen and oxygen atoms in total. The molecule has 0 radical (unpaired) electrons. The van der Waals surface area contributed by atoms with E-state index in [0.29, 0.717) is 28.2 Å². The van der Waals surface area contributed by atoms with Gasteiger partial charge in [0.25, 0.3) is 0 Å². The van der Waals surface area contributed by atoms with E-state index in [4.69, 9.17) is 33.3 Å². The van der Waals surface area contributed by atoms with Crippen LogP contribution in [0.1, 0.15) is 36.6 Å². The minimum Gasteiger partial charge on any atom is -0.490 e. The highest BCUT2D eigenvalue weighted by molar-refractivity contribution is 7.80. The first-order valence-electron chi connectivity index (χ1n) is 11.9. The maximum absolute atomic E-state index is 14.0. The molecule has 0 saturated carbocycles. The zero-order chi connectivity index (χ0) is 25.6. The second kappa shape index (κ2) is 9.30. The SMILES string of the molecule is CCOc1cccc2c1O[C@@]1(C)[C@@H](C(=O)Nc3ccc(C)cc3C)[C@H]2NC(=S)N1c1ccc(Cl)cc1. The lowest BCUT2D eigenvalue weighted by molar-refractivity contribution is -0.130. The van der Waals surface area contributed by atoms with Crippen molar-refractivity contribution in [3.8, 4) is 11.5 Å². The third-order valence-electron chi connectivity index (χ3n) is 6.80. The van der Waals surface area contributed by atoms with Crippen LogP contribution in [0.2, 0.25) is 5.02 Å². The highest BCUT2D eigenvalue weighted by Gasteiger charge is 2.59. The van der Waals surface area contributed by atoms with Crippen LogP contribution < -0.4 is 25.0 Å². The van der Waals surface area contributed by atoms with Crippen molar-refractivity contribution in [3.05, 3.63) is 82.4 Å². The molecule has 186 valence electrons. The van der Waals surface area contributed by atoms with Crippen LogP contribution in [0.3, 0.4) is 0 Å². The largest absolute Gasteiger partial charge is 0.490 e. The van der Waals surface area contributed by atoms with Gasteiger partial charge in [0.15, 0.2) is 22.3 Å². The van der Waals surface area contributed by atoms with Gasteiger partial charge < -0.3 is 20.1 Å². The number of thiocarbonyl (C=S) groups is 1. The summed E-state index contributed by atoms with van der Waals surface area (Å²) in [7, 11) is 0. The number of amides is 1. The molecule has 2 aliphatic rings. The number of ether oxygens (including phenoxy) is 2. The number of rotatable bonds is 5. The second-order valence-corrected chi connectivity index (χ2v) is 10.1. The standard InChI is InChI=1S/C28H28ClN3O3S/c1-5-34-22-8-6-7-20-24-23(26(33)30-21-14-9-16(2)15-17(21)3)28(4,35-25(20)22)32(27(36)31-24)19-12-10-18(29)11-13-19/h6-15,23-24H,5H2,1-4H3,(H,30,33)(H,31,36)/t23-,24+,28+/m1/s1. The van der Waals surface area contributed by atoms with Crippen molar-refractivity contribution in [2.45, 2.75) is 39.5 Å². The average Bonchev–Trinajstić information content (AvgIpc) is 2.82. The molecule has 3 aromatic carbocycles. The molecule has 36 heavy (non-hydrogen) atoms. The van der Waals surface area contributed by atoms with Crippen molar-refractivity contribution in [2.24, 2.45) is 5.92 Å². The van der Waals surface area contributed by atoms with Gasteiger partial charge in [-0.3, -0.25) is 9.69 Å². The topological polar surface area (TPSA) is 62.8 Å². The molecule has 3 aromatic rings. The Kier molecular flexibility index (Phi) is 6.30. The molecule has 0 unspecified atom stereocenters. The van der Waals surface area contributed by atoms with Crippen LogP contribution in [-0.2, 0) is 4.79 Å². The van der Waals surface area contributed by atoms with Gasteiger partial charge in [0.2, 0.25) is 5.91 Å². The van der Waals surface area contributed by atoms with Gasteiger partial charge in [0.05, 0.1) is 12.6 Å². The van der Waals surface area contributed by atoms with E-state index in [1.54, 1.807) is 12.1 Å². The number of carbonyl (C=O) groups excluding carboxylic acids is 1. The van der Waals surface area contributed by atoms with Gasteiger partial charge in [-0.1, -0.05) is 41.4 Å². The fourth-order valence-corrected chi connectivity index (χ4v) is 5.72.